The molecule has 0 amide bonds. The van der Waals surface area contributed by atoms with E-state index in [1.807, 2.05) is 0 Å². The van der Waals surface area contributed by atoms with Crippen LogP contribution in [0.25, 0.3) is 0 Å². The monoisotopic (exact) mass is 272 g/mol. The van der Waals surface area contributed by atoms with Gasteiger partial charge >= 0.3 is 0 Å². The fourth-order valence-electron chi connectivity index (χ4n) is 3.74. The maximum Gasteiger partial charge on any atom is -0.0143 e. The van der Waals surface area contributed by atoms with Crippen LogP contribution >= 0.6 is 0 Å². The van der Waals surface area contributed by atoms with Gasteiger partial charge < -0.3 is 0 Å². The lowest BCUT2D eigenvalue weighted by molar-refractivity contribution is 0.528. The van der Waals surface area contributed by atoms with Crippen molar-refractivity contribution in [3.05, 3.63) is 34.9 Å². The first-order valence-electron chi connectivity index (χ1n) is 8.40. The number of rotatable bonds is 0. The van der Waals surface area contributed by atoms with Crippen molar-refractivity contribution in [3.8, 4) is 0 Å². The SMILES string of the molecule is C/C1=C\CC/C(C)=C/[C@@H]2[C@H](CC/C(C)=C/CC1)C2(C)C. The van der Waals surface area contributed by atoms with Gasteiger partial charge in [-0.1, -0.05) is 48.8 Å². The molecule has 0 saturated heterocycles. The van der Waals surface area contributed by atoms with Crippen LogP contribution in [0.5, 0.6) is 0 Å². The molecule has 0 aromatic heterocycles. The van der Waals surface area contributed by atoms with Crippen LogP contribution in [0, 0.1) is 17.3 Å². The standard InChI is InChI=1S/C20H32/c1-15-8-6-10-16(2)12-13-18-19(20(18,4)5)14-17(3)11-7-9-15/h9-10,14,18-19H,6-8,11-13H2,1-5H3/b15-9+,16-10+,17-14+/t18-,19+/m0/s1. The maximum atomic E-state index is 2.58. The van der Waals surface area contributed by atoms with Crippen LogP contribution in [0.3, 0.4) is 0 Å². The maximum absolute atomic E-state index is 2.58. The van der Waals surface area contributed by atoms with E-state index in [1.54, 1.807) is 16.7 Å². The van der Waals surface area contributed by atoms with Crippen LogP contribution in [0.1, 0.15) is 73.1 Å². The Labute approximate surface area is 126 Å². The van der Waals surface area contributed by atoms with Crippen LogP contribution in [-0.4, -0.2) is 0 Å². The summed E-state index contributed by atoms with van der Waals surface area (Å²) in [6, 6.07) is 0. The molecule has 0 N–H and O–H groups in total. The Morgan fingerprint density at radius 3 is 2.05 bits per heavy atom. The molecular formula is C20H32. The van der Waals surface area contributed by atoms with Gasteiger partial charge in [-0.3, -0.25) is 0 Å². The van der Waals surface area contributed by atoms with Crippen molar-refractivity contribution in [2.75, 3.05) is 0 Å². The summed E-state index contributed by atoms with van der Waals surface area (Å²) in [5.41, 5.74) is 5.28. The molecule has 0 nitrogen and oxygen atoms in total. The number of hydrogen-bond donors (Lipinski definition) is 0. The summed E-state index contributed by atoms with van der Waals surface area (Å²) in [4.78, 5) is 0. The predicted octanol–water partition coefficient (Wildman–Crippen LogP) is 6.45. The van der Waals surface area contributed by atoms with E-state index in [2.05, 4.69) is 52.8 Å². The Hall–Kier alpha value is -0.780. The molecule has 2 rings (SSSR count). The van der Waals surface area contributed by atoms with Crippen LogP contribution in [-0.2, 0) is 0 Å². The van der Waals surface area contributed by atoms with E-state index in [1.165, 1.54) is 38.5 Å². The van der Waals surface area contributed by atoms with Crippen molar-refractivity contribution in [3.63, 3.8) is 0 Å². The Kier molecular flexibility index (Phi) is 4.94. The fourth-order valence-corrected chi connectivity index (χ4v) is 3.74. The third kappa shape index (κ3) is 3.87. The van der Waals surface area contributed by atoms with E-state index in [0.717, 1.165) is 11.8 Å². The summed E-state index contributed by atoms with van der Waals surface area (Å²) >= 11 is 0. The van der Waals surface area contributed by atoms with Crippen molar-refractivity contribution in [2.45, 2.75) is 73.1 Å². The van der Waals surface area contributed by atoms with Crippen molar-refractivity contribution in [1.82, 2.24) is 0 Å². The lowest BCUT2D eigenvalue weighted by atomic mass is 10.0. The highest BCUT2D eigenvalue weighted by atomic mass is 14.6. The van der Waals surface area contributed by atoms with Crippen molar-refractivity contribution >= 4 is 0 Å². The number of allylic oxidation sites excluding steroid dienone is 6. The zero-order valence-corrected chi connectivity index (χ0v) is 14.1. The molecule has 112 valence electrons. The van der Waals surface area contributed by atoms with Crippen LogP contribution in [0.2, 0.25) is 0 Å². The zero-order chi connectivity index (χ0) is 14.8. The minimum Gasteiger partial charge on any atom is -0.0853 e. The molecular weight excluding hydrogens is 240 g/mol. The molecule has 0 bridgehead atoms. The highest BCUT2D eigenvalue weighted by Crippen LogP contribution is 2.61. The summed E-state index contributed by atoms with van der Waals surface area (Å²) in [5, 5.41) is 0. The van der Waals surface area contributed by atoms with Gasteiger partial charge in [0.15, 0.2) is 0 Å². The quantitative estimate of drug-likeness (QED) is 0.444. The average Bonchev–Trinajstić information content (AvgIpc) is 2.86. The predicted molar refractivity (Wildman–Crippen MR) is 89.7 cm³/mol. The largest absolute Gasteiger partial charge is 0.0853 e. The van der Waals surface area contributed by atoms with Gasteiger partial charge in [0.1, 0.15) is 0 Å². The topological polar surface area (TPSA) is 0 Å². The van der Waals surface area contributed by atoms with E-state index in [4.69, 9.17) is 0 Å². The minimum atomic E-state index is 0.535. The fraction of sp³-hybridized carbons (Fsp3) is 0.700. The molecule has 0 radical (unpaired) electrons. The first kappa shape index (κ1) is 15.6. The second-order valence-electron chi connectivity index (χ2n) is 7.68. The number of fused-ring (bicyclic) bond motifs is 1. The van der Waals surface area contributed by atoms with Gasteiger partial charge in [0.2, 0.25) is 0 Å². The van der Waals surface area contributed by atoms with Gasteiger partial charge in [0.25, 0.3) is 0 Å². The summed E-state index contributed by atoms with van der Waals surface area (Å²) < 4.78 is 0. The minimum absolute atomic E-state index is 0.535. The number of hydrogen-bond acceptors (Lipinski definition) is 0. The molecule has 0 unspecified atom stereocenters. The first-order chi connectivity index (χ1) is 9.41. The Morgan fingerprint density at radius 2 is 1.40 bits per heavy atom. The van der Waals surface area contributed by atoms with Crippen molar-refractivity contribution < 1.29 is 0 Å². The molecule has 0 aromatic carbocycles. The Balaban J connectivity index is 2.09. The van der Waals surface area contributed by atoms with E-state index >= 15 is 0 Å². The van der Waals surface area contributed by atoms with E-state index in [9.17, 15) is 0 Å². The molecule has 2 aliphatic carbocycles. The second kappa shape index (κ2) is 6.33. The molecule has 1 fully saturated rings. The average molecular weight is 272 g/mol. The van der Waals surface area contributed by atoms with Gasteiger partial charge in [-0.05, 0) is 76.5 Å². The van der Waals surface area contributed by atoms with Crippen LogP contribution < -0.4 is 0 Å². The molecule has 1 saturated carbocycles. The van der Waals surface area contributed by atoms with E-state index in [-0.39, 0.29) is 0 Å². The lowest BCUT2D eigenvalue weighted by Gasteiger charge is -2.05. The summed E-state index contributed by atoms with van der Waals surface area (Å²) in [6.45, 7) is 11.8. The molecule has 2 atom stereocenters. The highest BCUT2D eigenvalue weighted by molar-refractivity contribution is 5.19. The van der Waals surface area contributed by atoms with Gasteiger partial charge in [-0.25, -0.2) is 0 Å². The first-order valence-corrected chi connectivity index (χ1v) is 8.40. The third-order valence-corrected chi connectivity index (χ3v) is 5.52. The van der Waals surface area contributed by atoms with Gasteiger partial charge in [-0.15, -0.1) is 0 Å². The van der Waals surface area contributed by atoms with Crippen LogP contribution in [0.15, 0.2) is 34.9 Å². The molecule has 20 heavy (non-hydrogen) atoms. The lowest BCUT2D eigenvalue weighted by Crippen LogP contribution is -1.91. The van der Waals surface area contributed by atoms with Crippen LogP contribution in [0.4, 0.5) is 0 Å². The zero-order valence-electron chi connectivity index (χ0n) is 14.1. The highest BCUT2D eigenvalue weighted by Gasteiger charge is 2.55. The van der Waals surface area contributed by atoms with Gasteiger partial charge in [0.05, 0.1) is 0 Å². The van der Waals surface area contributed by atoms with Gasteiger partial charge in [0, 0.05) is 0 Å². The second-order valence-corrected chi connectivity index (χ2v) is 7.68. The normalized spacial score (nSPS) is 39.1. The van der Waals surface area contributed by atoms with Crippen molar-refractivity contribution in [2.24, 2.45) is 17.3 Å². The molecule has 0 spiro atoms. The van der Waals surface area contributed by atoms with E-state index in [0.29, 0.717) is 5.41 Å². The summed E-state index contributed by atoms with van der Waals surface area (Å²) in [5.74, 6) is 1.73. The smallest absolute Gasteiger partial charge is 0.0143 e. The molecule has 0 aliphatic heterocycles. The van der Waals surface area contributed by atoms with E-state index < -0.39 is 0 Å². The van der Waals surface area contributed by atoms with Crippen molar-refractivity contribution in [1.29, 1.82) is 0 Å². The Morgan fingerprint density at radius 1 is 0.850 bits per heavy atom. The molecule has 0 heteroatoms. The summed E-state index contributed by atoms with van der Waals surface area (Å²) in [6.07, 6.45) is 15.1. The molecule has 0 heterocycles. The third-order valence-electron chi connectivity index (χ3n) is 5.52. The summed E-state index contributed by atoms with van der Waals surface area (Å²) in [7, 11) is 0. The van der Waals surface area contributed by atoms with Gasteiger partial charge in [-0.2, -0.15) is 0 Å². The Bertz CT molecular complexity index is 431. The molecule has 2 aliphatic rings. The molecule has 0 aromatic rings.